The lowest BCUT2D eigenvalue weighted by Crippen LogP contribution is -2.22. The zero-order valence-electron chi connectivity index (χ0n) is 53.3. The van der Waals surface area contributed by atoms with Crippen molar-refractivity contribution >= 4 is 67.4 Å². The van der Waals surface area contributed by atoms with Crippen molar-refractivity contribution in [2.75, 3.05) is 14.2 Å². The third-order valence-corrected chi connectivity index (χ3v) is 13.1. The number of carbonyl (C=O) groups is 4. The Labute approximate surface area is 530 Å². The molecule has 7 aromatic heterocycles. The summed E-state index contributed by atoms with van der Waals surface area (Å²) in [6.45, 7) is 15.6. The molecule has 15 nitrogen and oxygen atoms in total. The van der Waals surface area contributed by atoms with E-state index in [1.54, 1.807) is 48.9 Å². The minimum Gasteiger partial charge on any atom is -0.545 e. The molecule has 0 N–H and O–H groups in total. The average Bonchev–Trinajstić information content (AvgIpc) is 1.64. The van der Waals surface area contributed by atoms with Gasteiger partial charge in [-0.25, -0.2) is 9.59 Å². The van der Waals surface area contributed by atoms with Crippen LogP contribution in [0.4, 0.5) is 0 Å². The summed E-state index contributed by atoms with van der Waals surface area (Å²) >= 11 is 0. The number of esters is 2. The molecule has 0 spiro atoms. The Morgan fingerprint density at radius 1 is 0.411 bits per heavy atom. The van der Waals surface area contributed by atoms with Crippen LogP contribution in [0.1, 0.15) is 141 Å². The monoisotopic (exact) mass is 1210 g/mol. The number of carbonyl (C=O) groups excluding carboxylic acids is 4. The van der Waals surface area contributed by atoms with E-state index in [2.05, 4.69) is 117 Å². The fraction of sp³-hybridized carbons (Fsp3) is 0.267. The molecule has 0 aliphatic heterocycles. The highest BCUT2D eigenvalue weighted by Crippen LogP contribution is 2.22. The van der Waals surface area contributed by atoms with Crippen LogP contribution in [0.3, 0.4) is 0 Å². The quantitative estimate of drug-likeness (QED) is 0.135. The van der Waals surface area contributed by atoms with Crippen LogP contribution in [0.2, 0.25) is 0 Å². The third kappa shape index (κ3) is 31.0. The van der Waals surface area contributed by atoms with Crippen molar-refractivity contribution in [2.45, 2.75) is 99.8 Å². The predicted molar refractivity (Wildman–Crippen MR) is 358 cm³/mol. The molecule has 470 valence electrons. The molecule has 90 heavy (non-hydrogen) atoms. The smallest absolute Gasteiger partial charge is 0.339 e. The van der Waals surface area contributed by atoms with Gasteiger partial charge in [0.25, 0.3) is 0 Å². The maximum Gasteiger partial charge on any atom is 0.339 e. The first-order chi connectivity index (χ1) is 43.6. The van der Waals surface area contributed by atoms with Gasteiger partial charge in [0.05, 0.1) is 53.8 Å². The molecular formula is C75H85N7O8-2. The van der Waals surface area contributed by atoms with Crippen molar-refractivity contribution < 1.29 is 38.9 Å². The lowest BCUT2D eigenvalue weighted by atomic mass is 9.91. The van der Waals surface area contributed by atoms with E-state index in [1.165, 1.54) is 119 Å². The molecular weight excluding hydrogens is 1130 g/mol. The second-order valence-electron chi connectivity index (χ2n) is 20.9. The van der Waals surface area contributed by atoms with Crippen molar-refractivity contribution in [1.29, 1.82) is 0 Å². The van der Waals surface area contributed by atoms with Crippen molar-refractivity contribution in [3.05, 3.63) is 260 Å². The van der Waals surface area contributed by atoms with E-state index in [-0.39, 0.29) is 23.1 Å². The molecule has 1 saturated carbocycles. The van der Waals surface area contributed by atoms with E-state index in [9.17, 15) is 29.4 Å². The topological polar surface area (TPSA) is 223 Å². The van der Waals surface area contributed by atoms with Crippen molar-refractivity contribution in [3.8, 4) is 0 Å². The number of aromatic nitrogens is 7. The number of pyridine rings is 7. The second-order valence-corrected chi connectivity index (χ2v) is 20.9. The number of rotatable bonds is 7. The highest BCUT2D eigenvalue weighted by molar-refractivity contribution is 5.94. The zero-order valence-corrected chi connectivity index (χ0v) is 53.3. The molecule has 1 aliphatic rings. The third-order valence-electron chi connectivity index (χ3n) is 13.1. The van der Waals surface area contributed by atoms with Gasteiger partial charge in [0.15, 0.2) is 0 Å². The van der Waals surface area contributed by atoms with Gasteiger partial charge in [0.2, 0.25) is 0 Å². The standard InChI is InChI=1S/C11H9NO2.C10H7NO2.2C9H7N.C7H7NO2.C7H14.C7H16.C6H5NO2.C5H5N.C4H10/c1-14-11(13)9-6-8-4-2-3-5-10(8)12-7-9;12-10(13)8-5-7-3-1-2-4-9(7)11-6-8;1-2-6-9-8(4-1)5-3-7-10-9;1-2-4-9-7-10-6-5-8(9)3-1;1-10-7(9)6-3-2-4-8-5-6;1-7-5-3-2-4-6-7;1-4-7(5-2)6-3;8-6(9)5-2-1-3-7-4-5;1-2-4-6-5-3-1;1-4(2)3/h2-7H,1H3;1-6H,(H,12,13);2*1-7H;2-5H,1H3;7H,2-6H2,1H3;7H,4-6H2,1-3H3;1-4H,(H,8,9);1-5H;4H,1-3H3/p-2. The summed E-state index contributed by atoms with van der Waals surface area (Å²) in [4.78, 5) is 69.9. The summed E-state index contributed by atoms with van der Waals surface area (Å²) in [6.07, 6.45) is 29.1. The van der Waals surface area contributed by atoms with E-state index in [0.717, 1.165) is 45.1 Å². The normalized spacial score (nSPS) is 10.8. The summed E-state index contributed by atoms with van der Waals surface area (Å²) in [5.41, 5.74) is 3.89. The van der Waals surface area contributed by atoms with Crippen LogP contribution in [-0.4, -0.2) is 73.0 Å². The van der Waals surface area contributed by atoms with Crippen LogP contribution in [0.5, 0.6) is 0 Å². The van der Waals surface area contributed by atoms with Crippen LogP contribution in [0.25, 0.3) is 43.5 Å². The molecule has 7 heterocycles. The van der Waals surface area contributed by atoms with Gasteiger partial charge < -0.3 is 29.3 Å². The van der Waals surface area contributed by atoms with Crippen molar-refractivity contribution in [2.24, 2.45) is 17.8 Å². The number of carboxylic acids is 2. The number of hydrogen-bond acceptors (Lipinski definition) is 15. The molecule has 4 aromatic carbocycles. The minimum absolute atomic E-state index is 0.109. The number of aromatic carboxylic acids is 2. The largest absolute Gasteiger partial charge is 0.545 e. The Hall–Kier alpha value is -10.2. The second kappa shape index (κ2) is 45.2. The van der Waals surface area contributed by atoms with E-state index >= 15 is 0 Å². The molecule has 15 heteroatoms. The highest BCUT2D eigenvalue weighted by Gasteiger charge is 2.07. The van der Waals surface area contributed by atoms with Crippen LogP contribution in [-0.2, 0) is 9.47 Å². The Bertz CT molecular complexity index is 3480. The van der Waals surface area contributed by atoms with Gasteiger partial charge in [-0.2, -0.15) is 0 Å². The Morgan fingerprint density at radius 3 is 1.22 bits per heavy atom. The molecule has 1 fully saturated rings. The summed E-state index contributed by atoms with van der Waals surface area (Å²) in [5, 5.41) is 25.9. The van der Waals surface area contributed by atoms with Crippen LogP contribution in [0, 0.1) is 17.8 Å². The Balaban J connectivity index is 0.000000265. The van der Waals surface area contributed by atoms with Gasteiger partial charge in [0.1, 0.15) is 0 Å². The number of hydrogen-bond donors (Lipinski definition) is 0. The summed E-state index contributed by atoms with van der Waals surface area (Å²) in [7, 11) is 2.70. The summed E-state index contributed by atoms with van der Waals surface area (Å²) < 4.78 is 9.06. The first-order valence-corrected chi connectivity index (χ1v) is 30.2. The van der Waals surface area contributed by atoms with Gasteiger partial charge in [-0.05, 0) is 101 Å². The van der Waals surface area contributed by atoms with Crippen LogP contribution >= 0.6 is 0 Å². The number of methoxy groups -OCH3 is 2. The Kier molecular flexibility index (Phi) is 37.2. The summed E-state index contributed by atoms with van der Waals surface area (Å²) in [6, 6.07) is 52.6. The molecule has 0 amide bonds. The number of ether oxygens (including phenoxy) is 2. The van der Waals surface area contributed by atoms with E-state index < -0.39 is 11.9 Å². The average molecular weight is 1210 g/mol. The minimum atomic E-state index is -1.20. The van der Waals surface area contributed by atoms with Crippen LogP contribution in [0.15, 0.2) is 238 Å². The number of fused-ring (bicyclic) bond motifs is 4. The molecule has 0 atom stereocenters. The van der Waals surface area contributed by atoms with Gasteiger partial charge in [0, 0.05) is 95.5 Å². The fourth-order valence-electron chi connectivity index (χ4n) is 8.10. The molecule has 0 radical (unpaired) electrons. The molecule has 0 unspecified atom stereocenters. The number of para-hydroxylation sites is 3. The van der Waals surface area contributed by atoms with Gasteiger partial charge in [-0.1, -0.05) is 197 Å². The molecule has 12 rings (SSSR count). The lowest BCUT2D eigenvalue weighted by molar-refractivity contribution is -0.256. The maximum absolute atomic E-state index is 11.2. The van der Waals surface area contributed by atoms with Gasteiger partial charge >= 0.3 is 11.9 Å². The van der Waals surface area contributed by atoms with Crippen molar-refractivity contribution in [3.63, 3.8) is 0 Å². The first kappa shape index (κ1) is 74.1. The molecule has 0 saturated heterocycles. The Morgan fingerprint density at radius 2 is 0.822 bits per heavy atom. The molecule has 11 aromatic rings. The number of carboxylic acid groups (broad SMARTS) is 2. The lowest BCUT2D eigenvalue weighted by Gasteiger charge is -2.15. The van der Waals surface area contributed by atoms with E-state index in [0.29, 0.717) is 11.1 Å². The van der Waals surface area contributed by atoms with E-state index in [4.69, 9.17) is 0 Å². The fourth-order valence-corrected chi connectivity index (χ4v) is 8.10. The van der Waals surface area contributed by atoms with Crippen LogP contribution < -0.4 is 10.2 Å². The van der Waals surface area contributed by atoms with Gasteiger partial charge in [-0.15, -0.1) is 0 Å². The highest BCUT2D eigenvalue weighted by atomic mass is 16.5. The molecule has 1 aliphatic carbocycles. The van der Waals surface area contributed by atoms with E-state index in [1.807, 2.05) is 128 Å². The number of nitrogens with zero attached hydrogens (tertiary/aromatic N) is 7. The van der Waals surface area contributed by atoms with Crippen molar-refractivity contribution in [1.82, 2.24) is 34.9 Å². The molecule has 0 bridgehead atoms. The van der Waals surface area contributed by atoms with Gasteiger partial charge in [-0.3, -0.25) is 34.9 Å². The SMILES string of the molecule is CC(C)C.CC1CCCCC1.CCC(CC)CC.COC(=O)c1cccnc1.COC(=O)c1cnc2ccccc2c1.O=C([O-])c1cccnc1.O=C([O-])c1cnc2ccccc2c1.c1ccc2cnccc2c1.c1ccc2ncccc2c1.c1ccncc1. The predicted octanol–water partition coefficient (Wildman–Crippen LogP) is 15.6. The number of benzene rings is 4. The first-order valence-electron chi connectivity index (χ1n) is 30.2. The maximum atomic E-state index is 11.2. The summed E-state index contributed by atoms with van der Waals surface area (Å²) in [5.74, 6) is -0.244. The zero-order chi connectivity index (χ0) is 65.6.